The van der Waals surface area contributed by atoms with Gasteiger partial charge >= 0.3 is 6.03 Å². The Balaban J connectivity index is 1.48. The first-order valence-electron chi connectivity index (χ1n) is 8.35. The van der Waals surface area contributed by atoms with E-state index in [9.17, 15) is 4.79 Å². The van der Waals surface area contributed by atoms with E-state index in [1.807, 2.05) is 54.3 Å². The third-order valence-corrected chi connectivity index (χ3v) is 5.47. The summed E-state index contributed by atoms with van der Waals surface area (Å²) in [5, 5.41) is 4.01. The first-order chi connectivity index (χ1) is 12.2. The fraction of sp³-hybridized carbons (Fsp3) is 0.200. The third-order valence-electron chi connectivity index (χ3n) is 4.34. The molecule has 1 aromatic heterocycles. The van der Waals surface area contributed by atoms with Gasteiger partial charge in [0, 0.05) is 29.1 Å². The van der Waals surface area contributed by atoms with Gasteiger partial charge in [0.2, 0.25) is 0 Å². The van der Waals surface area contributed by atoms with Crippen molar-refractivity contribution in [1.29, 1.82) is 0 Å². The van der Waals surface area contributed by atoms with Crippen molar-refractivity contribution in [2.24, 2.45) is 0 Å². The van der Waals surface area contributed by atoms with Crippen molar-refractivity contribution in [2.45, 2.75) is 19.9 Å². The van der Waals surface area contributed by atoms with Crippen LogP contribution in [-0.4, -0.2) is 22.5 Å². The third kappa shape index (κ3) is 3.42. The van der Waals surface area contributed by atoms with Crippen molar-refractivity contribution in [3.63, 3.8) is 0 Å². The van der Waals surface area contributed by atoms with Crippen LogP contribution < -0.4 is 5.32 Å². The van der Waals surface area contributed by atoms with Crippen LogP contribution in [0.2, 0.25) is 0 Å². The van der Waals surface area contributed by atoms with Crippen LogP contribution >= 0.6 is 11.3 Å². The van der Waals surface area contributed by atoms with Gasteiger partial charge in [-0.25, -0.2) is 9.78 Å². The lowest BCUT2D eigenvalue weighted by Gasteiger charge is -2.26. The lowest BCUT2D eigenvalue weighted by Crippen LogP contribution is -2.38. The van der Waals surface area contributed by atoms with Crippen LogP contribution in [0.25, 0.3) is 10.6 Å². The van der Waals surface area contributed by atoms with Gasteiger partial charge in [0.25, 0.3) is 0 Å². The SMILES string of the molecule is Cc1ccc(NC(=O)N2CCc3nc(-c4ccccc4)sc3C2)cc1. The van der Waals surface area contributed by atoms with E-state index in [1.165, 1.54) is 10.4 Å². The lowest BCUT2D eigenvalue weighted by atomic mass is 10.2. The molecule has 0 fully saturated rings. The summed E-state index contributed by atoms with van der Waals surface area (Å²) in [6.07, 6.45) is 0.806. The molecule has 0 aliphatic carbocycles. The van der Waals surface area contributed by atoms with Crippen LogP contribution in [0.4, 0.5) is 10.5 Å². The predicted octanol–water partition coefficient (Wildman–Crippen LogP) is 4.71. The highest BCUT2D eigenvalue weighted by Crippen LogP contribution is 2.31. The molecule has 0 atom stereocenters. The van der Waals surface area contributed by atoms with Crippen molar-refractivity contribution in [1.82, 2.24) is 9.88 Å². The first-order valence-corrected chi connectivity index (χ1v) is 9.17. The second-order valence-electron chi connectivity index (χ2n) is 6.22. The topological polar surface area (TPSA) is 45.2 Å². The van der Waals surface area contributed by atoms with Gasteiger partial charge in [0.1, 0.15) is 5.01 Å². The Hall–Kier alpha value is -2.66. The molecule has 1 aliphatic rings. The quantitative estimate of drug-likeness (QED) is 0.728. The molecule has 3 aromatic rings. The first kappa shape index (κ1) is 15.8. The number of rotatable bonds is 2. The van der Waals surface area contributed by atoms with Crippen molar-refractivity contribution in [3.05, 3.63) is 70.7 Å². The molecule has 0 unspecified atom stereocenters. The Morgan fingerprint density at radius 2 is 1.88 bits per heavy atom. The Labute approximate surface area is 151 Å². The largest absolute Gasteiger partial charge is 0.322 e. The number of anilines is 1. The number of carbonyl (C=O) groups excluding carboxylic acids is 1. The fourth-order valence-electron chi connectivity index (χ4n) is 2.91. The molecule has 0 spiro atoms. The summed E-state index contributed by atoms with van der Waals surface area (Å²) in [7, 11) is 0. The zero-order chi connectivity index (χ0) is 17.2. The molecule has 126 valence electrons. The van der Waals surface area contributed by atoms with Crippen LogP contribution in [0.5, 0.6) is 0 Å². The summed E-state index contributed by atoms with van der Waals surface area (Å²) in [5.74, 6) is 0. The molecule has 1 aliphatic heterocycles. The molecule has 5 heteroatoms. The Bertz CT molecular complexity index is 887. The monoisotopic (exact) mass is 349 g/mol. The molecular weight excluding hydrogens is 330 g/mol. The van der Waals surface area contributed by atoms with Crippen LogP contribution in [0.1, 0.15) is 16.1 Å². The molecule has 2 heterocycles. The molecule has 4 nitrogen and oxygen atoms in total. The molecule has 0 radical (unpaired) electrons. The van der Waals surface area contributed by atoms with Gasteiger partial charge in [-0.05, 0) is 19.1 Å². The van der Waals surface area contributed by atoms with E-state index >= 15 is 0 Å². The molecule has 2 amide bonds. The summed E-state index contributed by atoms with van der Waals surface area (Å²) in [5.41, 5.74) is 4.27. The van der Waals surface area contributed by atoms with E-state index in [-0.39, 0.29) is 6.03 Å². The summed E-state index contributed by atoms with van der Waals surface area (Å²) in [4.78, 5) is 20.3. The van der Waals surface area contributed by atoms with Crippen molar-refractivity contribution >= 4 is 23.1 Å². The average Bonchev–Trinajstić information content (AvgIpc) is 3.07. The van der Waals surface area contributed by atoms with Crippen molar-refractivity contribution in [2.75, 3.05) is 11.9 Å². The molecule has 4 rings (SSSR count). The fourth-order valence-corrected chi connectivity index (χ4v) is 4.04. The number of urea groups is 1. The molecule has 0 saturated heterocycles. The highest BCUT2D eigenvalue weighted by Gasteiger charge is 2.24. The van der Waals surface area contributed by atoms with Crippen LogP contribution in [-0.2, 0) is 13.0 Å². The van der Waals surface area contributed by atoms with Crippen molar-refractivity contribution in [3.8, 4) is 10.6 Å². The highest BCUT2D eigenvalue weighted by molar-refractivity contribution is 7.15. The van der Waals surface area contributed by atoms with E-state index < -0.39 is 0 Å². The molecule has 25 heavy (non-hydrogen) atoms. The maximum absolute atomic E-state index is 12.5. The minimum Gasteiger partial charge on any atom is -0.319 e. The normalized spacial score (nSPS) is 13.4. The number of thiazole rings is 1. The number of nitrogens with zero attached hydrogens (tertiary/aromatic N) is 2. The molecular formula is C20H19N3OS. The zero-order valence-electron chi connectivity index (χ0n) is 14.0. The minimum absolute atomic E-state index is 0.0517. The second kappa shape index (κ2) is 6.69. The summed E-state index contributed by atoms with van der Waals surface area (Å²) >= 11 is 1.69. The summed E-state index contributed by atoms with van der Waals surface area (Å²) in [6.45, 7) is 3.35. The van der Waals surface area contributed by atoms with Crippen LogP contribution in [0.3, 0.4) is 0 Å². The molecule has 1 N–H and O–H groups in total. The van der Waals surface area contributed by atoms with E-state index in [2.05, 4.69) is 17.4 Å². The summed E-state index contributed by atoms with van der Waals surface area (Å²) < 4.78 is 0. The van der Waals surface area contributed by atoms with E-state index in [1.54, 1.807) is 11.3 Å². The predicted molar refractivity (Wildman–Crippen MR) is 102 cm³/mol. The van der Waals surface area contributed by atoms with Gasteiger partial charge in [0.05, 0.1) is 12.2 Å². The number of amides is 2. The van der Waals surface area contributed by atoms with E-state index in [4.69, 9.17) is 4.98 Å². The van der Waals surface area contributed by atoms with Gasteiger partial charge in [-0.1, -0.05) is 48.0 Å². The minimum atomic E-state index is -0.0517. The van der Waals surface area contributed by atoms with Gasteiger partial charge in [-0.2, -0.15) is 0 Å². The number of fused-ring (bicyclic) bond motifs is 1. The summed E-state index contributed by atoms with van der Waals surface area (Å²) in [6, 6.07) is 18.0. The number of nitrogens with one attached hydrogen (secondary N) is 1. The van der Waals surface area contributed by atoms with Gasteiger partial charge < -0.3 is 10.2 Å². The number of hydrogen-bond donors (Lipinski definition) is 1. The van der Waals surface area contributed by atoms with Gasteiger partial charge in [-0.15, -0.1) is 11.3 Å². The van der Waals surface area contributed by atoms with Crippen molar-refractivity contribution < 1.29 is 4.79 Å². The Morgan fingerprint density at radius 1 is 1.12 bits per heavy atom. The lowest BCUT2D eigenvalue weighted by molar-refractivity contribution is 0.207. The highest BCUT2D eigenvalue weighted by atomic mass is 32.1. The number of aromatic nitrogens is 1. The van der Waals surface area contributed by atoms with Crippen LogP contribution in [0, 0.1) is 6.92 Å². The number of hydrogen-bond acceptors (Lipinski definition) is 3. The average molecular weight is 349 g/mol. The smallest absolute Gasteiger partial charge is 0.319 e. The molecule has 0 saturated carbocycles. The zero-order valence-corrected chi connectivity index (χ0v) is 14.8. The van der Waals surface area contributed by atoms with E-state index in [0.717, 1.165) is 28.4 Å². The Morgan fingerprint density at radius 3 is 2.64 bits per heavy atom. The molecule has 0 bridgehead atoms. The maximum atomic E-state index is 12.5. The van der Waals surface area contributed by atoms with Gasteiger partial charge in [-0.3, -0.25) is 0 Å². The number of carbonyl (C=O) groups is 1. The molecule has 2 aromatic carbocycles. The maximum Gasteiger partial charge on any atom is 0.322 e. The number of benzene rings is 2. The Kier molecular flexibility index (Phi) is 4.24. The van der Waals surface area contributed by atoms with Crippen LogP contribution in [0.15, 0.2) is 54.6 Å². The number of aryl methyl sites for hydroxylation is 1. The standard InChI is InChI=1S/C20H19N3OS/c1-14-7-9-16(10-8-14)21-20(24)23-12-11-17-18(13-23)25-19(22-17)15-5-3-2-4-6-15/h2-10H,11-13H2,1H3,(H,21,24). The van der Waals surface area contributed by atoms with E-state index in [0.29, 0.717) is 13.1 Å². The van der Waals surface area contributed by atoms with Gasteiger partial charge in [0.15, 0.2) is 0 Å². The second-order valence-corrected chi connectivity index (χ2v) is 7.31.